The van der Waals surface area contributed by atoms with Gasteiger partial charge in [0, 0.05) is 37.7 Å². The lowest BCUT2D eigenvalue weighted by atomic mass is 9.68. The van der Waals surface area contributed by atoms with E-state index in [2.05, 4.69) is 84.3 Å². The molecular formula is C31H37N3O3. The summed E-state index contributed by atoms with van der Waals surface area (Å²) in [6, 6.07) is 23.3. The van der Waals surface area contributed by atoms with Gasteiger partial charge >= 0.3 is 0 Å². The second-order valence-corrected chi connectivity index (χ2v) is 10.5. The summed E-state index contributed by atoms with van der Waals surface area (Å²) in [4.78, 5) is 12.6. The lowest BCUT2D eigenvalue weighted by molar-refractivity contribution is 0.0450. The van der Waals surface area contributed by atoms with Gasteiger partial charge in [-0.2, -0.15) is 0 Å². The Balaban J connectivity index is 1.24. The van der Waals surface area contributed by atoms with Crippen molar-refractivity contribution in [2.45, 2.75) is 45.3 Å². The summed E-state index contributed by atoms with van der Waals surface area (Å²) in [6.45, 7) is 11.7. The minimum atomic E-state index is -0.132. The van der Waals surface area contributed by atoms with Crippen LogP contribution in [0.3, 0.4) is 0 Å². The average Bonchev–Trinajstić information content (AvgIpc) is 3.41. The first-order chi connectivity index (χ1) is 18.0. The van der Waals surface area contributed by atoms with Crippen molar-refractivity contribution in [2.75, 3.05) is 32.8 Å². The number of hydrogen-bond donors (Lipinski definition) is 0. The molecule has 0 amide bonds. The second-order valence-electron chi connectivity index (χ2n) is 10.5. The highest BCUT2D eigenvalue weighted by Crippen LogP contribution is 2.40. The normalized spacial score (nSPS) is 19.8. The fourth-order valence-corrected chi connectivity index (χ4v) is 5.13. The number of benzene rings is 2. The third kappa shape index (κ3) is 5.86. The second kappa shape index (κ2) is 11.4. The molecule has 2 aromatic carbocycles. The maximum atomic E-state index is 5.96. The lowest BCUT2D eigenvalue weighted by Crippen LogP contribution is -2.39. The molecule has 2 atom stereocenters. The van der Waals surface area contributed by atoms with Gasteiger partial charge in [0.1, 0.15) is 12.4 Å². The molecule has 1 saturated heterocycles. The van der Waals surface area contributed by atoms with Gasteiger partial charge in [-0.15, -0.1) is 0 Å². The number of rotatable bonds is 9. The van der Waals surface area contributed by atoms with Gasteiger partial charge in [0.25, 0.3) is 0 Å². The van der Waals surface area contributed by atoms with E-state index in [4.69, 9.17) is 14.3 Å². The van der Waals surface area contributed by atoms with Gasteiger partial charge in [0.05, 0.1) is 24.6 Å². The van der Waals surface area contributed by atoms with Gasteiger partial charge in [-0.05, 0) is 46.9 Å². The highest BCUT2D eigenvalue weighted by molar-refractivity contribution is 5.87. The molecule has 1 fully saturated rings. The van der Waals surface area contributed by atoms with Gasteiger partial charge in [0.2, 0.25) is 0 Å². The zero-order valence-corrected chi connectivity index (χ0v) is 22.1. The molecule has 0 spiro atoms. The summed E-state index contributed by atoms with van der Waals surface area (Å²) in [7, 11) is 0. The molecule has 6 heteroatoms. The van der Waals surface area contributed by atoms with E-state index in [1.54, 1.807) is 6.20 Å². The maximum Gasteiger partial charge on any atom is 0.157 e. The lowest BCUT2D eigenvalue weighted by Gasteiger charge is -2.35. The number of pyridine rings is 1. The molecule has 37 heavy (non-hydrogen) atoms. The van der Waals surface area contributed by atoms with E-state index in [9.17, 15) is 0 Å². The Morgan fingerprint density at radius 1 is 0.973 bits per heavy atom. The predicted octanol–water partition coefficient (Wildman–Crippen LogP) is 5.77. The van der Waals surface area contributed by atoms with Crippen molar-refractivity contribution in [2.24, 2.45) is 11.1 Å². The van der Waals surface area contributed by atoms with Crippen LogP contribution in [0.25, 0.3) is 0 Å². The van der Waals surface area contributed by atoms with Crippen LogP contribution in [-0.2, 0) is 21.6 Å². The fourth-order valence-electron chi connectivity index (χ4n) is 5.13. The first-order valence-electron chi connectivity index (χ1n) is 13.3. The van der Waals surface area contributed by atoms with E-state index in [1.165, 1.54) is 16.7 Å². The monoisotopic (exact) mass is 499 g/mol. The summed E-state index contributed by atoms with van der Waals surface area (Å²) >= 11 is 0. The minimum Gasteiger partial charge on any atom is -0.487 e. The Morgan fingerprint density at radius 3 is 2.32 bits per heavy atom. The zero-order chi connectivity index (χ0) is 25.7. The van der Waals surface area contributed by atoms with Crippen LogP contribution in [0.1, 0.15) is 55.7 Å². The Hall–Kier alpha value is -3.22. The summed E-state index contributed by atoms with van der Waals surface area (Å²) in [5, 5.41) is 4.40. The van der Waals surface area contributed by atoms with Gasteiger partial charge < -0.3 is 14.3 Å². The van der Waals surface area contributed by atoms with E-state index < -0.39 is 0 Å². The van der Waals surface area contributed by atoms with Gasteiger partial charge in [-0.25, -0.2) is 0 Å². The van der Waals surface area contributed by atoms with E-state index in [0.29, 0.717) is 12.5 Å². The van der Waals surface area contributed by atoms with Gasteiger partial charge in [-0.1, -0.05) is 68.4 Å². The summed E-state index contributed by atoms with van der Waals surface area (Å²) in [6.07, 6.45) is 2.63. The zero-order valence-electron chi connectivity index (χ0n) is 22.1. The van der Waals surface area contributed by atoms with Crippen molar-refractivity contribution in [3.63, 3.8) is 0 Å². The molecule has 0 radical (unpaired) electrons. The van der Waals surface area contributed by atoms with Crippen LogP contribution in [-0.4, -0.2) is 48.4 Å². The third-order valence-electron chi connectivity index (χ3n) is 7.84. The van der Waals surface area contributed by atoms with Crippen LogP contribution in [0.15, 0.2) is 78.1 Å². The minimum absolute atomic E-state index is 0.00840. The molecule has 5 rings (SSSR count). The van der Waals surface area contributed by atoms with Crippen LogP contribution in [0.2, 0.25) is 0 Å². The number of nitrogens with zero attached hydrogens (tertiary/aromatic N) is 3. The molecule has 0 N–H and O–H groups in total. The molecule has 3 heterocycles. The summed E-state index contributed by atoms with van der Waals surface area (Å²) < 4.78 is 11.4. The Kier molecular flexibility index (Phi) is 7.87. The predicted molar refractivity (Wildman–Crippen MR) is 146 cm³/mol. The molecule has 194 valence electrons. The maximum absolute atomic E-state index is 5.96. The average molecular weight is 500 g/mol. The molecule has 0 aliphatic carbocycles. The van der Waals surface area contributed by atoms with Crippen LogP contribution < -0.4 is 4.74 Å². The molecular weight excluding hydrogens is 462 g/mol. The quantitative estimate of drug-likeness (QED) is 0.374. The van der Waals surface area contributed by atoms with Gasteiger partial charge in [0.15, 0.2) is 6.10 Å². The largest absolute Gasteiger partial charge is 0.487 e. The molecule has 0 bridgehead atoms. The standard InChI is InChI=1S/C31H37N3O3/c1-23(2)31(3,26-11-13-29(14-12-26)36-22-27-6-4-5-15-32-27)25-9-7-24(8-10-25)30-20-28(33-37-30)21-34-16-18-35-19-17-34/h4-15,23,30H,16-22H2,1-3H3. The number of morpholine rings is 1. The summed E-state index contributed by atoms with van der Waals surface area (Å²) in [5.41, 5.74) is 5.65. The topological polar surface area (TPSA) is 56.2 Å². The van der Waals surface area contributed by atoms with Crippen molar-refractivity contribution >= 4 is 5.71 Å². The molecule has 1 aromatic heterocycles. The number of hydrogen-bond acceptors (Lipinski definition) is 6. The molecule has 2 unspecified atom stereocenters. The molecule has 6 nitrogen and oxygen atoms in total. The first-order valence-corrected chi connectivity index (χ1v) is 13.3. The van der Waals surface area contributed by atoms with E-state index in [0.717, 1.165) is 56.4 Å². The van der Waals surface area contributed by atoms with E-state index in [1.807, 2.05) is 18.2 Å². The smallest absolute Gasteiger partial charge is 0.157 e. The van der Waals surface area contributed by atoms with Gasteiger partial charge in [-0.3, -0.25) is 9.88 Å². The van der Waals surface area contributed by atoms with E-state index >= 15 is 0 Å². The number of ether oxygens (including phenoxy) is 2. The highest BCUT2D eigenvalue weighted by atomic mass is 16.6. The first kappa shape index (κ1) is 25.4. The van der Waals surface area contributed by atoms with Crippen LogP contribution in [0.4, 0.5) is 0 Å². The van der Waals surface area contributed by atoms with Crippen molar-refractivity contribution in [1.82, 2.24) is 9.88 Å². The van der Waals surface area contributed by atoms with Crippen molar-refractivity contribution in [1.29, 1.82) is 0 Å². The number of oxime groups is 1. The highest BCUT2D eigenvalue weighted by Gasteiger charge is 2.33. The molecule has 0 saturated carbocycles. The Bertz CT molecular complexity index is 1170. The third-order valence-corrected chi connectivity index (χ3v) is 7.84. The number of aromatic nitrogens is 1. The van der Waals surface area contributed by atoms with Crippen molar-refractivity contribution < 1.29 is 14.3 Å². The molecule has 2 aliphatic rings. The Labute approximate surface area is 220 Å². The van der Waals surface area contributed by atoms with Crippen LogP contribution in [0.5, 0.6) is 5.75 Å². The SMILES string of the molecule is CC(C)C(C)(c1ccc(OCc2ccccn2)cc1)c1ccc(C2CC(CN3CCOCC3)=NO2)cc1. The molecule has 2 aliphatic heterocycles. The van der Waals surface area contributed by atoms with Crippen LogP contribution >= 0.6 is 0 Å². The Morgan fingerprint density at radius 2 is 1.68 bits per heavy atom. The van der Waals surface area contributed by atoms with E-state index in [-0.39, 0.29) is 11.5 Å². The van der Waals surface area contributed by atoms with Crippen LogP contribution in [0, 0.1) is 5.92 Å². The fraction of sp³-hybridized carbons (Fsp3) is 0.419. The summed E-state index contributed by atoms with van der Waals surface area (Å²) in [5.74, 6) is 1.26. The van der Waals surface area contributed by atoms with Crippen molar-refractivity contribution in [3.05, 3.63) is 95.3 Å². The molecule has 3 aromatic rings. The van der Waals surface area contributed by atoms with Crippen molar-refractivity contribution in [3.8, 4) is 5.75 Å².